The minimum atomic E-state index is -0.810. The predicted molar refractivity (Wildman–Crippen MR) is 302 cm³/mol. The highest BCUT2D eigenvalue weighted by atomic mass is 16.6. The molecule has 6 nitrogen and oxygen atoms in total. The van der Waals surface area contributed by atoms with E-state index in [1.165, 1.54) is 161 Å². The Kier molecular flexibility index (Phi) is 55.8. The molecule has 0 radical (unpaired) electrons. The molecule has 70 heavy (non-hydrogen) atoms. The normalized spacial score (nSPS) is 12.6. The van der Waals surface area contributed by atoms with E-state index in [-0.39, 0.29) is 37.5 Å². The standard InChI is InChI=1S/C64H112O6/c1-4-7-10-13-16-19-22-25-27-28-29-30-31-32-33-34-35-36-37-40-42-45-48-51-54-57-63(66)69-60-61(59-68-62(65)56-53-50-47-44-41-38-24-21-18-15-12-9-6-3)70-64(67)58-55-52-49-46-43-39-26-23-20-17-14-11-8-5-2/h9,12,14,17-18,21,23,26,38,41,47,50,61H,4-8,10-11,13,15-16,19-20,22,24-25,27-37,39-40,42-46,48-49,51-60H2,1-3H3/b12-9-,17-14-,21-18-,26-23-,41-38-,50-47-. The first-order valence-corrected chi connectivity index (χ1v) is 29.9. The molecule has 0 N–H and O–H groups in total. The highest BCUT2D eigenvalue weighted by molar-refractivity contribution is 5.71. The second-order valence-electron chi connectivity index (χ2n) is 19.9. The van der Waals surface area contributed by atoms with Crippen LogP contribution in [0.1, 0.15) is 297 Å². The Morgan fingerprint density at radius 1 is 0.300 bits per heavy atom. The smallest absolute Gasteiger partial charge is 0.306 e. The maximum absolute atomic E-state index is 12.8. The summed E-state index contributed by atoms with van der Waals surface area (Å²) in [6.45, 7) is 6.44. The van der Waals surface area contributed by atoms with Gasteiger partial charge >= 0.3 is 17.9 Å². The second-order valence-corrected chi connectivity index (χ2v) is 19.9. The van der Waals surface area contributed by atoms with Crippen molar-refractivity contribution < 1.29 is 28.6 Å². The van der Waals surface area contributed by atoms with E-state index in [0.29, 0.717) is 19.3 Å². The molecule has 0 heterocycles. The number of allylic oxidation sites excluding steroid dienone is 12. The van der Waals surface area contributed by atoms with Crippen LogP contribution in [0.3, 0.4) is 0 Å². The number of esters is 3. The van der Waals surface area contributed by atoms with E-state index in [9.17, 15) is 14.4 Å². The Morgan fingerprint density at radius 3 is 1.00 bits per heavy atom. The lowest BCUT2D eigenvalue weighted by molar-refractivity contribution is -0.166. The molecule has 0 aliphatic carbocycles. The van der Waals surface area contributed by atoms with E-state index in [4.69, 9.17) is 14.2 Å². The van der Waals surface area contributed by atoms with Crippen molar-refractivity contribution in [3.8, 4) is 0 Å². The summed E-state index contributed by atoms with van der Waals surface area (Å²) in [6, 6.07) is 0. The number of rotatable bonds is 54. The van der Waals surface area contributed by atoms with Gasteiger partial charge in [0.2, 0.25) is 0 Å². The zero-order valence-corrected chi connectivity index (χ0v) is 46.3. The third-order valence-corrected chi connectivity index (χ3v) is 13.0. The van der Waals surface area contributed by atoms with Gasteiger partial charge in [-0.15, -0.1) is 0 Å². The van der Waals surface area contributed by atoms with Gasteiger partial charge < -0.3 is 14.2 Å². The molecule has 1 atom stereocenters. The highest BCUT2D eigenvalue weighted by Crippen LogP contribution is 2.17. The monoisotopic (exact) mass is 977 g/mol. The fourth-order valence-corrected chi connectivity index (χ4v) is 8.47. The van der Waals surface area contributed by atoms with Crippen LogP contribution in [-0.2, 0) is 28.6 Å². The number of carbonyl (C=O) groups excluding carboxylic acids is 3. The average Bonchev–Trinajstić information content (AvgIpc) is 3.36. The Bertz CT molecular complexity index is 1310. The van der Waals surface area contributed by atoms with Gasteiger partial charge in [-0.1, -0.05) is 280 Å². The number of hydrogen-bond acceptors (Lipinski definition) is 6. The van der Waals surface area contributed by atoms with Crippen molar-refractivity contribution in [1.29, 1.82) is 0 Å². The first-order chi connectivity index (χ1) is 34.5. The molecule has 0 aliphatic heterocycles. The molecule has 6 heteroatoms. The van der Waals surface area contributed by atoms with Gasteiger partial charge in [0.15, 0.2) is 6.10 Å². The molecule has 0 aliphatic rings. The van der Waals surface area contributed by atoms with Gasteiger partial charge in [0, 0.05) is 19.3 Å². The van der Waals surface area contributed by atoms with Gasteiger partial charge in [0.25, 0.3) is 0 Å². The molecule has 0 amide bonds. The Hall–Kier alpha value is -3.15. The summed E-state index contributed by atoms with van der Waals surface area (Å²) in [7, 11) is 0. The van der Waals surface area contributed by atoms with E-state index in [1.807, 2.05) is 6.08 Å². The van der Waals surface area contributed by atoms with E-state index in [1.54, 1.807) is 0 Å². The van der Waals surface area contributed by atoms with Gasteiger partial charge in [-0.2, -0.15) is 0 Å². The van der Waals surface area contributed by atoms with E-state index in [0.717, 1.165) is 89.9 Å². The van der Waals surface area contributed by atoms with Gasteiger partial charge in [0.05, 0.1) is 0 Å². The zero-order chi connectivity index (χ0) is 50.7. The minimum Gasteiger partial charge on any atom is -0.462 e. The van der Waals surface area contributed by atoms with Crippen LogP contribution in [0.2, 0.25) is 0 Å². The van der Waals surface area contributed by atoms with Gasteiger partial charge in [-0.05, 0) is 70.6 Å². The van der Waals surface area contributed by atoms with Crippen LogP contribution in [-0.4, -0.2) is 37.2 Å². The summed E-state index contributed by atoms with van der Waals surface area (Å²) >= 11 is 0. The van der Waals surface area contributed by atoms with Crippen LogP contribution in [0.4, 0.5) is 0 Å². The Labute approximate surface area is 433 Å². The van der Waals surface area contributed by atoms with Gasteiger partial charge in [-0.25, -0.2) is 0 Å². The van der Waals surface area contributed by atoms with E-state index in [2.05, 4.69) is 87.6 Å². The summed E-state index contributed by atoms with van der Waals surface area (Å²) in [5.41, 5.74) is 0. The molecular weight excluding hydrogens is 865 g/mol. The maximum Gasteiger partial charge on any atom is 0.306 e. The summed E-state index contributed by atoms with van der Waals surface area (Å²) in [5, 5.41) is 0. The van der Waals surface area contributed by atoms with Crippen molar-refractivity contribution in [2.75, 3.05) is 13.2 Å². The molecule has 0 saturated carbocycles. The van der Waals surface area contributed by atoms with Crippen LogP contribution in [0.15, 0.2) is 72.9 Å². The van der Waals surface area contributed by atoms with Crippen molar-refractivity contribution in [3.05, 3.63) is 72.9 Å². The number of ether oxygens (including phenoxy) is 3. The lowest BCUT2D eigenvalue weighted by Crippen LogP contribution is -2.30. The largest absolute Gasteiger partial charge is 0.462 e. The highest BCUT2D eigenvalue weighted by Gasteiger charge is 2.19. The van der Waals surface area contributed by atoms with Crippen LogP contribution < -0.4 is 0 Å². The number of hydrogen-bond donors (Lipinski definition) is 0. The third kappa shape index (κ3) is 55.8. The molecular formula is C64H112O6. The Morgan fingerprint density at radius 2 is 0.600 bits per heavy atom. The average molecular weight is 978 g/mol. The molecule has 0 aromatic rings. The summed E-state index contributed by atoms with van der Waals surface area (Å²) < 4.78 is 16.8. The SMILES string of the molecule is CC/C=C\C/C=C\C/C=C\C/C=C\CCC(=O)OCC(COC(=O)CCCCCCCCCCCCCCCCCCCCCCCCCCC)OC(=O)CCCCCCC/C=C\C/C=C\CCCC. The minimum absolute atomic E-state index is 0.101. The topological polar surface area (TPSA) is 78.9 Å². The molecule has 0 bridgehead atoms. The molecule has 404 valence electrons. The lowest BCUT2D eigenvalue weighted by atomic mass is 10.0. The predicted octanol–water partition coefficient (Wildman–Crippen LogP) is 20.2. The van der Waals surface area contributed by atoms with Crippen molar-refractivity contribution in [3.63, 3.8) is 0 Å². The first kappa shape index (κ1) is 66.9. The summed E-state index contributed by atoms with van der Waals surface area (Å²) in [5.74, 6) is -0.991. The van der Waals surface area contributed by atoms with Gasteiger partial charge in [-0.3, -0.25) is 14.4 Å². The molecule has 0 rings (SSSR count). The van der Waals surface area contributed by atoms with Crippen LogP contribution in [0, 0.1) is 0 Å². The van der Waals surface area contributed by atoms with Crippen LogP contribution in [0.25, 0.3) is 0 Å². The van der Waals surface area contributed by atoms with Crippen molar-refractivity contribution in [2.24, 2.45) is 0 Å². The summed E-state index contributed by atoms with van der Waals surface area (Å²) in [4.78, 5) is 38.1. The van der Waals surface area contributed by atoms with Crippen LogP contribution in [0.5, 0.6) is 0 Å². The molecule has 0 spiro atoms. The van der Waals surface area contributed by atoms with Gasteiger partial charge in [0.1, 0.15) is 13.2 Å². The molecule has 1 unspecified atom stereocenters. The van der Waals surface area contributed by atoms with E-state index >= 15 is 0 Å². The van der Waals surface area contributed by atoms with Crippen molar-refractivity contribution >= 4 is 17.9 Å². The van der Waals surface area contributed by atoms with Crippen molar-refractivity contribution in [1.82, 2.24) is 0 Å². The lowest BCUT2D eigenvalue weighted by Gasteiger charge is -2.18. The fourth-order valence-electron chi connectivity index (χ4n) is 8.47. The van der Waals surface area contributed by atoms with Crippen LogP contribution >= 0.6 is 0 Å². The van der Waals surface area contributed by atoms with Crippen molar-refractivity contribution in [2.45, 2.75) is 303 Å². The zero-order valence-electron chi connectivity index (χ0n) is 46.3. The Balaban J connectivity index is 4.28. The molecule has 0 aromatic heterocycles. The second kappa shape index (κ2) is 58.4. The third-order valence-electron chi connectivity index (χ3n) is 13.0. The number of unbranched alkanes of at least 4 members (excludes halogenated alkanes) is 31. The maximum atomic E-state index is 12.8. The fraction of sp³-hybridized carbons (Fsp3) is 0.766. The number of carbonyl (C=O) groups is 3. The molecule has 0 fully saturated rings. The molecule has 0 saturated heterocycles. The quantitative estimate of drug-likeness (QED) is 0.0261. The molecule has 0 aromatic carbocycles. The van der Waals surface area contributed by atoms with E-state index < -0.39 is 6.10 Å². The summed E-state index contributed by atoms with van der Waals surface area (Å²) in [6.07, 6.45) is 75.0. The first-order valence-electron chi connectivity index (χ1n) is 29.9.